The van der Waals surface area contributed by atoms with Crippen molar-refractivity contribution in [3.63, 3.8) is 0 Å². The van der Waals surface area contributed by atoms with Crippen LogP contribution in [-0.4, -0.2) is 10.6 Å². The van der Waals surface area contributed by atoms with Gasteiger partial charge in [-0.1, -0.05) is 12.1 Å². The summed E-state index contributed by atoms with van der Waals surface area (Å²) in [5, 5.41) is 1.43. The summed E-state index contributed by atoms with van der Waals surface area (Å²) in [6.45, 7) is 7.48. The average Bonchev–Trinajstić information content (AvgIpc) is 2.66. The second-order valence-corrected chi connectivity index (χ2v) is 4.93. The molecule has 0 aliphatic carbocycles. The van der Waals surface area contributed by atoms with Crippen LogP contribution >= 0.6 is 0 Å². The Morgan fingerprint density at radius 1 is 1.35 bits per heavy atom. The molecule has 2 N–H and O–H groups in total. The van der Waals surface area contributed by atoms with Crippen molar-refractivity contribution < 1.29 is 0 Å². The molecule has 0 aliphatic heterocycles. The van der Waals surface area contributed by atoms with Crippen molar-refractivity contribution in [3.8, 4) is 0 Å². The Labute approximate surface area is 103 Å². The summed E-state index contributed by atoms with van der Waals surface area (Å²) in [7, 11) is 0. The van der Waals surface area contributed by atoms with Crippen LogP contribution in [0.2, 0.25) is 0 Å². The van der Waals surface area contributed by atoms with Gasteiger partial charge in [-0.15, -0.1) is 0 Å². The van der Waals surface area contributed by atoms with Gasteiger partial charge in [-0.25, -0.2) is 0 Å². The molecule has 0 bridgehead atoms. The van der Waals surface area contributed by atoms with E-state index in [4.69, 9.17) is 5.73 Å². The molecule has 0 saturated carbocycles. The molecule has 1 heterocycles. The molecule has 0 amide bonds. The molecule has 0 radical (unpaired) electrons. The predicted molar refractivity (Wildman–Crippen MR) is 74.3 cm³/mol. The minimum Gasteiger partial charge on any atom is -0.347 e. The van der Waals surface area contributed by atoms with E-state index in [1.807, 2.05) is 0 Å². The summed E-state index contributed by atoms with van der Waals surface area (Å²) in [6, 6.07) is 6.82. The Morgan fingerprint density at radius 3 is 2.76 bits per heavy atom. The summed E-state index contributed by atoms with van der Waals surface area (Å²) in [5.74, 6) is 0. The predicted octanol–water partition coefficient (Wildman–Crippen LogP) is 3.25. The number of fused-ring (bicyclic) bond motifs is 1. The molecular formula is C15H22N2. The summed E-state index contributed by atoms with van der Waals surface area (Å²) in [6.07, 6.45) is 4.42. The lowest BCUT2D eigenvalue weighted by Crippen LogP contribution is -2.15. The third-order valence-electron chi connectivity index (χ3n) is 3.40. The van der Waals surface area contributed by atoms with Crippen LogP contribution in [0.25, 0.3) is 10.9 Å². The van der Waals surface area contributed by atoms with Crippen molar-refractivity contribution in [2.75, 3.05) is 0 Å². The van der Waals surface area contributed by atoms with E-state index in [2.05, 4.69) is 49.7 Å². The molecule has 1 atom stereocenters. The normalized spacial score (nSPS) is 13.2. The van der Waals surface area contributed by atoms with Gasteiger partial charge >= 0.3 is 0 Å². The van der Waals surface area contributed by atoms with Crippen molar-refractivity contribution in [3.05, 3.63) is 35.5 Å². The summed E-state index contributed by atoms with van der Waals surface area (Å²) in [4.78, 5) is 0. The van der Waals surface area contributed by atoms with Crippen LogP contribution in [0.15, 0.2) is 24.4 Å². The van der Waals surface area contributed by atoms with Crippen molar-refractivity contribution in [2.24, 2.45) is 5.73 Å². The van der Waals surface area contributed by atoms with Crippen LogP contribution < -0.4 is 5.73 Å². The van der Waals surface area contributed by atoms with Crippen LogP contribution in [0.1, 0.15) is 31.4 Å². The first-order chi connectivity index (χ1) is 8.13. The van der Waals surface area contributed by atoms with Gasteiger partial charge in [-0.2, -0.15) is 0 Å². The van der Waals surface area contributed by atoms with E-state index in [0.717, 1.165) is 19.4 Å². The fourth-order valence-electron chi connectivity index (χ4n) is 2.47. The molecule has 17 heavy (non-hydrogen) atoms. The summed E-state index contributed by atoms with van der Waals surface area (Å²) in [5.41, 5.74) is 10.0. The second-order valence-electron chi connectivity index (χ2n) is 4.93. The molecule has 1 aromatic heterocycles. The number of nitrogens with zero attached hydrogens (tertiary/aromatic N) is 1. The van der Waals surface area contributed by atoms with Crippen LogP contribution in [0, 0.1) is 6.92 Å². The highest BCUT2D eigenvalue weighted by atomic mass is 14.9. The lowest BCUT2D eigenvalue weighted by molar-refractivity contribution is 0.665. The molecule has 2 nitrogen and oxygen atoms in total. The van der Waals surface area contributed by atoms with Crippen LogP contribution in [0.4, 0.5) is 0 Å². The third kappa shape index (κ3) is 2.37. The first-order valence-electron chi connectivity index (χ1n) is 6.46. The monoisotopic (exact) mass is 230 g/mol. The van der Waals surface area contributed by atoms with Crippen molar-refractivity contribution in [2.45, 2.75) is 46.2 Å². The SMILES string of the molecule is CCn1cc(CC[C@@H](C)N)c2c(C)cccc21. The number of aromatic nitrogens is 1. The molecule has 1 aromatic carbocycles. The summed E-state index contributed by atoms with van der Waals surface area (Å²) >= 11 is 0. The number of nitrogens with two attached hydrogens (primary N) is 1. The number of rotatable bonds is 4. The van der Waals surface area contributed by atoms with Gasteiger partial charge in [0.25, 0.3) is 0 Å². The molecular weight excluding hydrogens is 208 g/mol. The van der Waals surface area contributed by atoms with E-state index in [9.17, 15) is 0 Å². The van der Waals surface area contributed by atoms with Gasteiger partial charge in [-0.05, 0) is 50.8 Å². The lowest BCUT2D eigenvalue weighted by Gasteiger charge is -2.04. The van der Waals surface area contributed by atoms with Crippen LogP contribution in [-0.2, 0) is 13.0 Å². The van der Waals surface area contributed by atoms with Gasteiger partial charge in [0.15, 0.2) is 0 Å². The van der Waals surface area contributed by atoms with Crippen molar-refractivity contribution in [1.29, 1.82) is 0 Å². The summed E-state index contributed by atoms with van der Waals surface area (Å²) < 4.78 is 2.33. The molecule has 2 aromatic rings. The Hall–Kier alpha value is -1.28. The number of hydrogen-bond acceptors (Lipinski definition) is 1. The molecule has 0 spiro atoms. The maximum atomic E-state index is 5.85. The smallest absolute Gasteiger partial charge is 0.0485 e. The quantitative estimate of drug-likeness (QED) is 0.858. The maximum Gasteiger partial charge on any atom is 0.0485 e. The average molecular weight is 230 g/mol. The molecule has 0 fully saturated rings. The lowest BCUT2D eigenvalue weighted by atomic mass is 10.0. The van der Waals surface area contributed by atoms with E-state index in [0.29, 0.717) is 0 Å². The van der Waals surface area contributed by atoms with Gasteiger partial charge in [0.1, 0.15) is 0 Å². The first kappa shape index (κ1) is 12.2. The number of benzene rings is 1. The molecule has 0 saturated heterocycles. The molecule has 0 aliphatic rings. The van der Waals surface area contributed by atoms with Gasteiger partial charge in [-0.3, -0.25) is 0 Å². The highest BCUT2D eigenvalue weighted by molar-refractivity contribution is 5.87. The number of hydrogen-bond donors (Lipinski definition) is 1. The van der Waals surface area contributed by atoms with Crippen molar-refractivity contribution >= 4 is 10.9 Å². The number of aryl methyl sites for hydroxylation is 3. The Kier molecular flexibility index (Phi) is 3.53. The van der Waals surface area contributed by atoms with Gasteiger partial charge in [0.05, 0.1) is 0 Å². The Morgan fingerprint density at radius 2 is 2.12 bits per heavy atom. The highest BCUT2D eigenvalue weighted by Gasteiger charge is 2.09. The zero-order chi connectivity index (χ0) is 12.4. The third-order valence-corrected chi connectivity index (χ3v) is 3.40. The maximum absolute atomic E-state index is 5.85. The Balaban J connectivity index is 2.47. The zero-order valence-corrected chi connectivity index (χ0v) is 11.0. The molecule has 2 heteroatoms. The highest BCUT2D eigenvalue weighted by Crippen LogP contribution is 2.26. The fraction of sp³-hybridized carbons (Fsp3) is 0.467. The van der Waals surface area contributed by atoms with Crippen LogP contribution in [0.3, 0.4) is 0 Å². The van der Waals surface area contributed by atoms with E-state index >= 15 is 0 Å². The van der Waals surface area contributed by atoms with Gasteiger partial charge in [0.2, 0.25) is 0 Å². The largest absolute Gasteiger partial charge is 0.347 e. The molecule has 92 valence electrons. The molecule has 0 unspecified atom stereocenters. The van der Waals surface area contributed by atoms with E-state index in [1.54, 1.807) is 0 Å². The van der Waals surface area contributed by atoms with Crippen LogP contribution in [0.5, 0.6) is 0 Å². The standard InChI is InChI=1S/C15H22N2/c1-4-17-10-13(9-8-12(3)16)15-11(2)6-5-7-14(15)17/h5-7,10,12H,4,8-9,16H2,1-3H3/t12-/m1/s1. The topological polar surface area (TPSA) is 30.9 Å². The van der Waals surface area contributed by atoms with Gasteiger partial charge in [0, 0.05) is 29.7 Å². The van der Waals surface area contributed by atoms with Crippen molar-refractivity contribution in [1.82, 2.24) is 4.57 Å². The molecule has 2 rings (SSSR count). The Bertz CT molecular complexity index is 509. The fourth-order valence-corrected chi connectivity index (χ4v) is 2.47. The minimum absolute atomic E-state index is 0.277. The van der Waals surface area contributed by atoms with Gasteiger partial charge < -0.3 is 10.3 Å². The van der Waals surface area contributed by atoms with E-state index in [-0.39, 0.29) is 6.04 Å². The van der Waals surface area contributed by atoms with E-state index in [1.165, 1.54) is 22.0 Å². The first-order valence-corrected chi connectivity index (χ1v) is 6.46. The second kappa shape index (κ2) is 4.92. The zero-order valence-electron chi connectivity index (χ0n) is 11.0. The van der Waals surface area contributed by atoms with E-state index < -0.39 is 0 Å². The minimum atomic E-state index is 0.277.